The molecule has 0 aliphatic carbocycles. The zero-order chi connectivity index (χ0) is 16.4. The molecule has 1 amide bonds. The molecule has 2 aromatic rings. The Hall–Kier alpha value is -1.23. The summed E-state index contributed by atoms with van der Waals surface area (Å²) in [7, 11) is -7.56. The molecule has 1 aliphatic rings. The van der Waals surface area contributed by atoms with Crippen molar-refractivity contribution in [1.82, 2.24) is 4.72 Å². The van der Waals surface area contributed by atoms with Crippen LogP contribution in [0.2, 0.25) is 0 Å². The van der Waals surface area contributed by atoms with Crippen LogP contribution in [0.15, 0.2) is 64.4 Å². The number of amides is 1. The summed E-state index contributed by atoms with van der Waals surface area (Å²) in [6, 6.07) is 13.5. The molecule has 0 fully saturated rings. The van der Waals surface area contributed by atoms with Crippen LogP contribution in [0.3, 0.4) is 0 Å². The second kappa shape index (κ2) is 7.56. The van der Waals surface area contributed by atoms with E-state index in [9.17, 15) is 21.6 Å². The summed E-state index contributed by atoms with van der Waals surface area (Å²) in [4.78, 5) is 11.0. The van der Waals surface area contributed by atoms with Gasteiger partial charge in [-0.2, -0.15) is 8.42 Å². The molecule has 0 atom stereocenters. The van der Waals surface area contributed by atoms with Crippen molar-refractivity contribution in [3.63, 3.8) is 0 Å². The maximum atomic E-state index is 11.1. The van der Waals surface area contributed by atoms with Gasteiger partial charge in [0, 0.05) is 0 Å². The van der Waals surface area contributed by atoms with E-state index in [1.165, 1.54) is 24.3 Å². The van der Waals surface area contributed by atoms with E-state index in [0.29, 0.717) is 0 Å². The Balaban J connectivity index is 0.000000413. The van der Waals surface area contributed by atoms with E-state index < -0.39 is 26.0 Å². The minimum absolute atomic E-state index is 0. The van der Waals surface area contributed by atoms with Crippen LogP contribution in [-0.2, 0) is 20.1 Å². The van der Waals surface area contributed by atoms with Gasteiger partial charge in [0.15, 0.2) is 0 Å². The van der Waals surface area contributed by atoms with Crippen LogP contribution in [0.1, 0.15) is 11.8 Å². The number of carbonyl (C=O) groups excluding carboxylic acids is 1. The average molecular weight is 365 g/mol. The number of hydrogen-bond donors (Lipinski definition) is 2. The molecule has 0 saturated carbocycles. The van der Waals surface area contributed by atoms with Crippen molar-refractivity contribution in [3.8, 4) is 0 Å². The number of sulfonamides is 1. The second-order valence-electron chi connectivity index (χ2n) is 4.22. The molecule has 118 valence electrons. The van der Waals surface area contributed by atoms with Crippen molar-refractivity contribution in [2.45, 2.75) is 9.79 Å². The Bertz CT molecular complexity index is 916. The Morgan fingerprint density at radius 3 is 1.96 bits per heavy atom. The van der Waals surface area contributed by atoms with Crippen LogP contribution in [-0.4, -0.2) is 27.3 Å². The van der Waals surface area contributed by atoms with Crippen molar-refractivity contribution in [3.05, 3.63) is 60.2 Å². The predicted molar refractivity (Wildman–Crippen MR) is 78.5 cm³/mol. The minimum atomic E-state index is -4.00. The van der Waals surface area contributed by atoms with Crippen LogP contribution in [0.5, 0.6) is 0 Å². The van der Waals surface area contributed by atoms with E-state index in [0.717, 1.165) is 0 Å². The molecule has 0 spiro atoms. The first-order valence-corrected chi connectivity index (χ1v) is 8.83. The maximum absolute atomic E-state index is 11.1. The summed E-state index contributed by atoms with van der Waals surface area (Å²) < 4.78 is 53.4. The van der Waals surface area contributed by atoms with Crippen molar-refractivity contribution in [2.24, 2.45) is 0 Å². The molecule has 23 heavy (non-hydrogen) atoms. The van der Waals surface area contributed by atoms with Gasteiger partial charge >= 0.3 is 29.6 Å². The fraction of sp³-hybridized carbons (Fsp3) is 0. The molecule has 0 aromatic heterocycles. The van der Waals surface area contributed by atoms with Gasteiger partial charge in [0.2, 0.25) is 0 Å². The van der Waals surface area contributed by atoms with Crippen LogP contribution >= 0.6 is 0 Å². The van der Waals surface area contributed by atoms with Gasteiger partial charge in [-0.15, -0.1) is 0 Å². The zero-order valence-electron chi connectivity index (χ0n) is 13.0. The molecular weight excluding hydrogens is 353 g/mol. The fourth-order valence-electron chi connectivity index (χ4n) is 1.71. The standard InChI is InChI=1S/C7H5NO3S.C6H6O3S.Na.H/c9-7-5-3-1-2-4-6(5)12(10,11)8-7;7-10(8,9)6-4-2-1-3-5-6;;/h1-4H,(H,8,9);1-5H,(H,7,8,9);;/q;;+1;-1. The van der Waals surface area contributed by atoms with E-state index in [4.69, 9.17) is 4.55 Å². The Kier molecular flexibility index (Phi) is 6.51. The Morgan fingerprint density at radius 1 is 0.957 bits per heavy atom. The third-order valence-corrected chi connectivity index (χ3v) is 4.95. The van der Waals surface area contributed by atoms with Crippen LogP contribution in [0.4, 0.5) is 0 Å². The largest absolute Gasteiger partial charge is 1.00 e. The average Bonchev–Trinajstić information content (AvgIpc) is 2.70. The summed E-state index contributed by atoms with van der Waals surface area (Å²) in [5.41, 5.74) is 0.220. The topological polar surface area (TPSA) is 118 Å². The number of fused-ring (bicyclic) bond motifs is 1. The summed E-state index contributed by atoms with van der Waals surface area (Å²) in [6.45, 7) is 0. The molecule has 7 nitrogen and oxygen atoms in total. The quantitative estimate of drug-likeness (QED) is 0.453. The first-order valence-electron chi connectivity index (χ1n) is 5.90. The van der Waals surface area contributed by atoms with Gasteiger partial charge in [-0.25, -0.2) is 13.1 Å². The molecule has 3 rings (SSSR count). The van der Waals surface area contributed by atoms with Crippen molar-refractivity contribution in [1.29, 1.82) is 0 Å². The number of carbonyl (C=O) groups is 1. The second-order valence-corrected chi connectivity index (χ2v) is 7.29. The molecule has 1 heterocycles. The molecule has 2 N–H and O–H groups in total. The number of hydrogen-bond acceptors (Lipinski definition) is 5. The molecule has 0 unspecified atom stereocenters. The Morgan fingerprint density at radius 2 is 1.48 bits per heavy atom. The molecule has 0 bridgehead atoms. The van der Waals surface area contributed by atoms with Gasteiger partial charge < -0.3 is 1.43 Å². The van der Waals surface area contributed by atoms with Gasteiger partial charge in [-0.05, 0) is 24.3 Å². The predicted octanol–water partition coefficient (Wildman–Crippen LogP) is -1.83. The summed E-state index contributed by atoms with van der Waals surface area (Å²) in [5, 5.41) is 0. The van der Waals surface area contributed by atoms with Crippen molar-refractivity contribution < 1.29 is 57.2 Å². The van der Waals surface area contributed by atoms with Gasteiger partial charge in [-0.3, -0.25) is 9.35 Å². The van der Waals surface area contributed by atoms with Gasteiger partial charge in [-0.1, -0.05) is 30.3 Å². The summed E-state index contributed by atoms with van der Waals surface area (Å²) in [5.74, 6) is -0.550. The number of rotatable bonds is 1. The number of nitrogens with one attached hydrogen (secondary N) is 1. The van der Waals surface area contributed by atoms with Crippen molar-refractivity contribution >= 4 is 26.0 Å². The van der Waals surface area contributed by atoms with E-state index in [1.54, 1.807) is 30.3 Å². The maximum Gasteiger partial charge on any atom is 1.00 e. The molecule has 1 aliphatic heterocycles. The molecule has 10 heteroatoms. The van der Waals surface area contributed by atoms with E-state index in [2.05, 4.69) is 0 Å². The fourth-order valence-corrected chi connectivity index (χ4v) is 3.39. The third-order valence-electron chi connectivity index (χ3n) is 2.69. The van der Waals surface area contributed by atoms with E-state index >= 15 is 0 Å². The van der Waals surface area contributed by atoms with Crippen molar-refractivity contribution in [2.75, 3.05) is 0 Å². The molecule has 0 saturated heterocycles. The van der Waals surface area contributed by atoms with Gasteiger partial charge in [0.1, 0.15) is 4.90 Å². The summed E-state index contributed by atoms with van der Waals surface area (Å²) >= 11 is 0. The smallest absolute Gasteiger partial charge is 1.00 e. The number of benzene rings is 2. The van der Waals surface area contributed by atoms with Crippen LogP contribution in [0.25, 0.3) is 0 Å². The van der Waals surface area contributed by atoms with E-state index in [1.807, 2.05) is 4.72 Å². The monoisotopic (exact) mass is 365 g/mol. The first-order chi connectivity index (χ1) is 10.2. The van der Waals surface area contributed by atoms with Gasteiger partial charge in [0.25, 0.3) is 26.0 Å². The van der Waals surface area contributed by atoms with Crippen LogP contribution in [0, 0.1) is 0 Å². The minimum Gasteiger partial charge on any atom is -1.00 e. The Labute approximate surface area is 157 Å². The zero-order valence-corrected chi connectivity index (χ0v) is 15.6. The summed E-state index contributed by atoms with van der Waals surface area (Å²) in [6.07, 6.45) is 0. The van der Waals surface area contributed by atoms with E-state index in [-0.39, 0.29) is 46.3 Å². The molecular formula is C13H12NNaO6S2. The molecule has 2 aromatic carbocycles. The van der Waals surface area contributed by atoms with Crippen LogP contribution < -0.4 is 34.3 Å². The third kappa shape index (κ3) is 4.87. The normalized spacial score (nSPS) is 14.6. The SMILES string of the molecule is O=C1NS(=O)(=O)c2ccccc21.O=S(=O)(O)c1ccccc1.[H-].[Na+]. The first kappa shape index (κ1) is 19.8. The van der Waals surface area contributed by atoms with Gasteiger partial charge in [0.05, 0.1) is 10.5 Å². The molecule has 0 radical (unpaired) electrons.